The molecule has 7 heteroatoms. The number of carbonyl (C=O) groups excluding carboxylic acids is 1. The van der Waals surface area contributed by atoms with Crippen molar-refractivity contribution in [3.05, 3.63) is 84.4 Å². The third-order valence-electron chi connectivity index (χ3n) is 4.74. The highest BCUT2D eigenvalue weighted by Crippen LogP contribution is 2.24. The van der Waals surface area contributed by atoms with Gasteiger partial charge in [-0.2, -0.15) is 0 Å². The van der Waals surface area contributed by atoms with Gasteiger partial charge >= 0.3 is 0 Å². The van der Waals surface area contributed by atoms with Crippen molar-refractivity contribution in [3.8, 4) is 5.75 Å². The minimum atomic E-state index is -3.71. The van der Waals surface area contributed by atoms with Gasteiger partial charge in [0.2, 0.25) is 0 Å². The van der Waals surface area contributed by atoms with Crippen molar-refractivity contribution in [2.75, 3.05) is 16.2 Å². The predicted octanol–water partition coefficient (Wildman–Crippen LogP) is 4.62. The second-order valence-corrected chi connectivity index (χ2v) is 8.95. The number of aryl methyl sites for hydroxylation is 1. The van der Waals surface area contributed by atoms with Gasteiger partial charge in [0.25, 0.3) is 15.9 Å². The summed E-state index contributed by atoms with van der Waals surface area (Å²) in [4.78, 5) is 12.6. The van der Waals surface area contributed by atoms with Crippen LogP contribution >= 0.6 is 0 Å². The Morgan fingerprint density at radius 1 is 0.968 bits per heavy atom. The van der Waals surface area contributed by atoms with E-state index in [4.69, 9.17) is 4.74 Å². The fraction of sp³-hybridized carbons (Fsp3) is 0.208. The number of nitrogens with one attached hydrogen (secondary N) is 1. The van der Waals surface area contributed by atoms with Crippen LogP contribution in [0.1, 0.15) is 19.4 Å². The molecule has 162 valence electrons. The number of carbonyl (C=O) groups is 1. The van der Waals surface area contributed by atoms with E-state index in [2.05, 4.69) is 5.32 Å². The van der Waals surface area contributed by atoms with Gasteiger partial charge in [-0.15, -0.1) is 0 Å². The Balaban J connectivity index is 1.69. The molecule has 1 atom stereocenters. The lowest BCUT2D eigenvalue weighted by Crippen LogP contribution is -2.31. The van der Waals surface area contributed by atoms with Crippen LogP contribution in [0.2, 0.25) is 0 Å². The van der Waals surface area contributed by atoms with Crippen molar-refractivity contribution in [3.63, 3.8) is 0 Å². The molecule has 0 aliphatic rings. The quantitative estimate of drug-likeness (QED) is 0.557. The molecule has 0 fully saturated rings. The standard InChI is InChI=1S/C24H26N2O4S/c1-4-26(21-8-6-5-7-9-21)31(28,29)23-16-12-20(13-17-23)25-24(27)19(3)30-22-14-10-18(2)11-15-22/h5-17,19H,4H2,1-3H3,(H,25,27)/t19-/m0/s1. The molecule has 0 aliphatic heterocycles. The molecule has 0 unspecified atom stereocenters. The van der Waals surface area contributed by atoms with Crippen LogP contribution in [0, 0.1) is 6.92 Å². The summed E-state index contributed by atoms with van der Waals surface area (Å²) in [5.74, 6) is 0.283. The van der Waals surface area contributed by atoms with Gasteiger partial charge in [0.1, 0.15) is 5.75 Å². The number of ether oxygens (including phenoxy) is 1. The van der Waals surface area contributed by atoms with Crippen LogP contribution in [0.3, 0.4) is 0 Å². The Hall–Kier alpha value is -3.32. The SMILES string of the molecule is CCN(c1ccccc1)S(=O)(=O)c1ccc(NC(=O)[C@H](C)Oc2ccc(C)cc2)cc1. The summed E-state index contributed by atoms with van der Waals surface area (Å²) in [5, 5.41) is 2.75. The second-order valence-electron chi connectivity index (χ2n) is 7.09. The molecule has 31 heavy (non-hydrogen) atoms. The van der Waals surface area contributed by atoms with E-state index in [9.17, 15) is 13.2 Å². The topological polar surface area (TPSA) is 75.7 Å². The summed E-state index contributed by atoms with van der Waals surface area (Å²) in [6.07, 6.45) is -0.709. The normalized spacial score (nSPS) is 12.1. The average molecular weight is 439 g/mol. The van der Waals surface area contributed by atoms with E-state index in [1.807, 2.05) is 37.3 Å². The second kappa shape index (κ2) is 9.66. The van der Waals surface area contributed by atoms with Crippen LogP contribution in [-0.4, -0.2) is 27.0 Å². The van der Waals surface area contributed by atoms with Gasteiger partial charge in [0.15, 0.2) is 6.10 Å². The number of amides is 1. The monoisotopic (exact) mass is 438 g/mol. The van der Waals surface area contributed by atoms with Crippen molar-refractivity contribution in [1.82, 2.24) is 0 Å². The Kier molecular flexibility index (Phi) is 6.97. The Morgan fingerprint density at radius 2 is 1.58 bits per heavy atom. The molecule has 6 nitrogen and oxygen atoms in total. The number of hydrogen-bond donors (Lipinski definition) is 1. The molecular formula is C24H26N2O4S. The van der Waals surface area contributed by atoms with E-state index in [1.54, 1.807) is 50.2 Å². The number of para-hydroxylation sites is 1. The lowest BCUT2D eigenvalue weighted by Gasteiger charge is -2.23. The Morgan fingerprint density at radius 3 is 2.16 bits per heavy atom. The Labute approximate surface area is 183 Å². The molecule has 0 heterocycles. The van der Waals surface area contributed by atoms with E-state index in [0.717, 1.165) is 5.56 Å². The van der Waals surface area contributed by atoms with E-state index < -0.39 is 16.1 Å². The van der Waals surface area contributed by atoms with Gasteiger partial charge in [0, 0.05) is 12.2 Å². The molecule has 0 bridgehead atoms. The Bertz CT molecular complexity index is 1110. The highest BCUT2D eigenvalue weighted by molar-refractivity contribution is 7.92. The first-order valence-electron chi connectivity index (χ1n) is 10.0. The first-order chi connectivity index (χ1) is 14.8. The van der Waals surface area contributed by atoms with Crippen LogP contribution in [-0.2, 0) is 14.8 Å². The highest BCUT2D eigenvalue weighted by Gasteiger charge is 2.23. The summed E-state index contributed by atoms with van der Waals surface area (Å²) >= 11 is 0. The number of sulfonamides is 1. The molecule has 1 amide bonds. The molecule has 3 aromatic rings. The third kappa shape index (κ3) is 5.44. The average Bonchev–Trinajstić information content (AvgIpc) is 2.76. The van der Waals surface area contributed by atoms with E-state index in [1.165, 1.54) is 16.4 Å². The van der Waals surface area contributed by atoms with Gasteiger partial charge in [0.05, 0.1) is 10.6 Å². The summed E-state index contributed by atoms with van der Waals surface area (Å²) in [6, 6.07) is 22.5. The summed E-state index contributed by atoms with van der Waals surface area (Å²) in [7, 11) is -3.71. The molecule has 0 aromatic heterocycles. The zero-order chi connectivity index (χ0) is 22.4. The number of benzene rings is 3. The highest BCUT2D eigenvalue weighted by atomic mass is 32.2. The maximum atomic E-state index is 13.1. The van der Waals surface area contributed by atoms with Gasteiger partial charge < -0.3 is 10.1 Å². The van der Waals surface area contributed by atoms with Crippen molar-refractivity contribution in [1.29, 1.82) is 0 Å². The van der Waals surface area contributed by atoms with Crippen molar-refractivity contribution in [2.24, 2.45) is 0 Å². The molecule has 3 rings (SSSR count). The van der Waals surface area contributed by atoms with Gasteiger partial charge in [-0.1, -0.05) is 35.9 Å². The first kappa shape index (κ1) is 22.4. The minimum Gasteiger partial charge on any atom is -0.481 e. The van der Waals surface area contributed by atoms with Crippen LogP contribution < -0.4 is 14.4 Å². The van der Waals surface area contributed by atoms with Crippen molar-refractivity contribution >= 4 is 27.3 Å². The van der Waals surface area contributed by atoms with Crippen LogP contribution in [0.25, 0.3) is 0 Å². The van der Waals surface area contributed by atoms with E-state index in [0.29, 0.717) is 23.7 Å². The molecule has 0 saturated carbocycles. The first-order valence-corrected chi connectivity index (χ1v) is 11.5. The lowest BCUT2D eigenvalue weighted by molar-refractivity contribution is -0.122. The smallest absolute Gasteiger partial charge is 0.265 e. The van der Waals surface area contributed by atoms with Gasteiger partial charge in [-0.3, -0.25) is 9.10 Å². The fourth-order valence-electron chi connectivity index (χ4n) is 3.04. The maximum absolute atomic E-state index is 13.1. The number of rotatable bonds is 8. The summed E-state index contributed by atoms with van der Waals surface area (Å²) in [6.45, 7) is 5.73. The molecule has 0 saturated heterocycles. The molecule has 3 aromatic carbocycles. The number of hydrogen-bond acceptors (Lipinski definition) is 4. The fourth-order valence-corrected chi connectivity index (χ4v) is 4.52. The lowest BCUT2D eigenvalue weighted by atomic mass is 10.2. The van der Waals surface area contributed by atoms with E-state index >= 15 is 0 Å². The number of anilines is 2. The van der Waals surface area contributed by atoms with Gasteiger partial charge in [-0.05, 0) is 69.3 Å². The predicted molar refractivity (Wildman–Crippen MR) is 123 cm³/mol. The zero-order valence-electron chi connectivity index (χ0n) is 17.8. The number of nitrogens with zero attached hydrogens (tertiary/aromatic N) is 1. The molecule has 1 N–H and O–H groups in total. The zero-order valence-corrected chi connectivity index (χ0v) is 18.6. The van der Waals surface area contributed by atoms with Gasteiger partial charge in [-0.25, -0.2) is 8.42 Å². The van der Waals surface area contributed by atoms with Crippen LogP contribution in [0.4, 0.5) is 11.4 Å². The molecule has 0 radical (unpaired) electrons. The molecular weight excluding hydrogens is 412 g/mol. The van der Waals surface area contributed by atoms with Crippen LogP contribution in [0.15, 0.2) is 83.8 Å². The van der Waals surface area contributed by atoms with E-state index in [-0.39, 0.29) is 10.8 Å². The summed E-state index contributed by atoms with van der Waals surface area (Å²) in [5.41, 5.74) is 2.20. The summed E-state index contributed by atoms with van der Waals surface area (Å²) < 4.78 is 33.1. The largest absolute Gasteiger partial charge is 0.481 e. The minimum absolute atomic E-state index is 0.153. The van der Waals surface area contributed by atoms with Crippen molar-refractivity contribution < 1.29 is 17.9 Å². The van der Waals surface area contributed by atoms with Crippen LogP contribution in [0.5, 0.6) is 5.75 Å². The van der Waals surface area contributed by atoms with Crippen molar-refractivity contribution in [2.45, 2.75) is 31.8 Å². The molecule has 0 aliphatic carbocycles. The third-order valence-corrected chi connectivity index (χ3v) is 6.66. The molecule has 0 spiro atoms. The maximum Gasteiger partial charge on any atom is 0.265 e.